The first-order chi connectivity index (χ1) is 34.5. The largest absolute Gasteiger partial charge is 0.472 e. The van der Waals surface area contributed by atoms with Gasteiger partial charge in [-0.25, -0.2) is 9.13 Å². The minimum atomic E-state index is -4.93. The predicted octanol–water partition coefficient (Wildman–Crippen LogP) is 13.5. The molecule has 0 bridgehead atoms. The molecule has 2 unspecified atom stereocenters. The van der Waals surface area contributed by atoms with E-state index in [9.17, 15) is 43.2 Å². The lowest BCUT2D eigenvalue weighted by molar-refractivity contribution is -0.161. The second kappa shape index (κ2) is 47.5. The van der Waals surface area contributed by atoms with Crippen LogP contribution < -0.4 is 0 Å². The van der Waals surface area contributed by atoms with Gasteiger partial charge in [0.25, 0.3) is 0 Å². The summed E-state index contributed by atoms with van der Waals surface area (Å²) < 4.78 is 67.1. The summed E-state index contributed by atoms with van der Waals surface area (Å²) in [5.74, 6) is -1.45. The van der Waals surface area contributed by atoms with Gasteiger partial charge in [-0.05, 0) is 31.6 Å². The molecule has 0 heterocycles. The van der Waals surface area contributed by atoms with Gasteiger partial charge in [0.1, 0.15) is 19.3 Å². The van der Waals surface area contributed by atoms with Gasteiger partial charge in [0, 0.05) is 25.7 Å². The number of phosphoric ester groups is 2. The molecule has 0 fully saturated rings. The van der Waals surface area contributed by atoms with E-state index in [1.165, 1.54) is 70.6 Å². The van der Waals surface area contributed by atoms with Gasteiger partial charge in [-0.3, -0.25) is 37.3 Å². The van der Waals surface area contributed by atoms with E-state index in [-0.39, 0.29) is 25.7 Å². The number of esters is 4. The molecule has 0 saturated carbocycles. The van der Waals surface area contributed by atoms with Crippen LogP contribution in [0.5, 0.6) is 0 Å². The number of aliphatic hydroxyl groups excluding tert-OH is 1. The van der Waals surface area contributed by atoms with Crippen LogP contribution in [0.2, 0.25) is 0 Å². The maximum atomic E-state index is 12.9. The quantitative estimate of drug-likeness (QED) is 0.0222. The Kier molecular flexibility index (Phi) is 46.2. The number of unbranched alkanes of at least 4 members (excludes halogenated alkanes) is 25. The van der Waals surface area contributed by atoms with E-state index < -0.39 is 97.5 Å². The van der Waals surface area contributed by atoms with Gasteiger partial charge < -0.3 is 33.8 Å². The van der Waals surface area contributed by atoms with Crippen LogP contribution in [0.3, 0.4) is 0 Å². The average molecular weight is 1070 g/mol. The molecule has 0 aromatic rings. The van der Waals surface area contributed by atoms with Crippen molar-refractivity contribution >= 4 is 39.5 Å². The van der Waals surface area contributed by atoms with Gasteiger partial charge in [0.05, 0.1) is 26.4 Å². The Morgan fingerprint density at radius 2 is 0.639 bits per heavy atom. The summed E-state index contributed by atoms with van der Waals surface area (Å²) in [5, 5.41) is 10.4. The first-order valence-corrected chi connectivity index (χ1v) is 31.1. The molecule has 0 radical (unpaired) electrons. The van der Waals surface area contributed by atoms with Crippen LogP contribution in [-0.2, 0) is 65.4 Å². The SMILES string of the molecule is CCCCCCCCCCCCCC(=O)OC[C@H](COP(=O)(O)OC[C@@H](O)COP(=O)(O)OC[C@@H](COC(=O)CCCCCCC)OC(=O)CCCCCCC)OC(=O)CCCCCCCCCCC(C)C. The van der Waals surface area contributed by atoms with Crippen LogP contribution in [0.4, 0.5) is 0 Å². The molecule has 0 spiro atoms. The van der Waals surface area contributed by atoms with Crippen molar-refractivity contribution in [3.63, 3.8) is 0 Å². The Labute approximate surface area is 435 Å². The maximum absolute atomic E-state index is 12.9. The first kappa shape index (κ1) is 70.1. The maximum Gasteiger partial charge on any atom is 0.472 e. The molecule has 5 atom stereocenters. The Hall–Kier alpha value is -1.94. The Bertz CT molecular complexity index is 1430. The van der Waals surface area contributed by atoms with Crippen LogP contribution in [0.1, 0.15) is 253 Å². The van der Waals surface area contributed by atoms with Crippen molar-refractivity contribution in [2.45, 2.75) is 271 Å². The Balaban J connectivity index is 5.15. The molecule has 426 valence electrons. The summed E-state index contributed by atoms with van der Waals surface area (Å²) in [5.41, 5.74) is 0. The highest BCUT2D eigenvalue weighted by molar-refractivity contribution is 7.47. The van der Waals surface area contributed by atoms with Gasteiger partial charge >= 0.3 is 39.5 Å². The molecular weight excluding hydrogens is 971 g/mol. The molecule has 0 rings (SSSR count). The predicted molar refractivity (Wildman–Crippen MR) is 280 cm³/mol. The molecule has 0 aliphatic rings. The summed E-state index contributed by atoms with van der Waals surface area (Å²) >= 11 is 0. The molecule has 0 aliphatic heterocycles. The van der Waals surface area contributed by atoms with Crippen molar-refractivity contribution < 1.29 is 80.2 Å². The van der Waals surface area contributed by atoms with E-state index in [0.29, 0.717) is 25.7 Å². The van der Waals surface area contributed by atoms with E-state index in [2.05, 4.69) is 34.6 Å². The molecule has 19 heteroatoms. The van der Waals surface area contributed by atoms with Crippen LogP contribution >= 0.6 is 15.6 Å². The standard InChI is InChI=1S/C53H102O17P2/c1-6-9-12-15-16-17-18-19-23-28-32-37-51(56)64-43-49(70-53(58)39-34-29-24-21-20-22-27-30-35-46(4)5)45-68-72(61,62)66-41-47(54)40-65-71(59,60)67-44-48(69-52(57)38-33-26-14-11-8-3)42-63-50(55)36-31-25-13-10-7-2/h46-49,54H,6-45H2,1-5H3,(H,59,60)(H,61,62)/t47-,48+,49+/m0/s1. The molecule has 72 heavy (non-hydrogen) atoms. The minimum Gasteiger partial charge on any atom is -0.462 e. The number of phosphoric acid groups is 2. The van der Waals surface area contributed by atoms with Crippen molar-refractivity contribution in [1.82, 2.24) is 0 Å². The number of aliphatic hydroxyl groups is 1. The van der Waals surface area contributed by atoms with Crippen molar-refractivity contribution in [3.05, 3.63) is 0 Å². The minimum absolute atomic E-state index is 0.0986. The number of hydrogen-bond donors (Lipinski definition) is 3. The van der Waals surface area contributed by atoms with Gasteiger partial charge in [0.2, 0.25) is 0 Å². The number of hydrogen-bond acceptors (Lipinski definition) is 15. The smallest absolute Gasteiger partial charge is 0.462 e. The first-order valence-electron chi connectivity index (χ1n) is 28.1. The average Bonchev–Trinajstić information content (AvgIpc) is 3.34. The lowest BCUT2D eigenvalue weighted by Gasteiger charge is -2.21. The van der Waals surface area contributed by atoms with Crippen molar-refractivity contribution in [1.29, 1.82) is 0 Å². The fourth-order valence-electron chi connectivity index (χ4n) is 7.64. The van der Waals surface area contributed by atoms with Crippen LogP contribution in [0.15, 0.2) is 0 Å². The summed E-state index contributed by atoms with van der Waals surface area (Å²) in [6.45, 7) is 6.88. The van der Waals surface area contributed by atoms with Gasteiger partial charge in [-0.15, -0.1) is 0 Å². The molecule has 0 saturated heterocycles. The van der Waals surface area contributed by atoms with E-state index in [1.807, 2.05) is 0 Å². The molecule has 0 aliphatic carbocycles. The molecular formula is C53H102O17P2. The number of carbonyl (C=O) groups excluding carboxylic acids is 4. The summed E-state index contributed by atoms with van der Waals surface area (Å²) in [4.78, 5) is 71.1. The van der Waals surface area contributed by atoms with Crippen LogP contribution in [0, 0.1) is 5.92 Å². The zero-order chi connectivity index (χ0) is 53.6. The van der Waals surface area contributed by atoms with E-state index in [4.69, 9.17) is 37.0 Å². The molecule has 3 N–H and O–H groups in total. The second-order valence-electron chi connectivity index (χ2n) is 19.7. The van der Waals surface area contributed by atoms with E-state index in [0.717, 1.165) is 102 Å². The fraction of sp³-hybridized carbons (Fsp3) is 0.925. The molecule has 0 aromatic heterocycles. The number of carbonyl (C=O) groups is 4. The van der Waals surface area contributed by atoms with Crippen molar-refractivity contribution in [2.24, 2.45) is 5.92 Å². The van der Waals surface area contributed by atoms with Crippen LogP contribution in [-0.4, -0.2) is 96.7 Å². The summed E-state index contributed by atoms with van der Waals surface area (Å²) in [7, 11) is -9.84. The van der Waals surface area contributed by atoms with E-state index >= 15 is 0 Å². The summed E-state index contributed by atoms with van der Waals surface area (Å²) in [6.07, 6.45) is 27.4. The lowest BCUT2D eigenvalue weighted by Crippen LogP contribution is -2.30. The Morgan fingerprint density at radius 1 is 0.375 bits per heavy atom. The highest BCUT2D eigenvalue weighted by Gasteiger charge is 2.30. The van der Waals surface area contributed by atoms with Crippen LogP contribution in [0.25, 0.3) is 0 Å². The van der Waals surface area contributed by atoms with E-state index in [1.54, 1.807) is 0 Å². The number of rotatable bonds is 53. The third-order valence-corrected chi connectivity index (χ3v) is 13.9. The topological polar surface area (TPSA) is 237 Å². The normalized spacial score (nSPS) is 14.6. The Morgan fingerprint density at radius 3 is 0.944 bits per heavy atom. The lowest BCUT2D eigenvalue weighted by atomic mass is 10.0. The van der Waals surface area contributed by atoms with Gasteiger partial charge in [-0.1, -0.05) is 202 Å². The summed E-state index contributed by atoms with van der Waals surface area (Å²) in [6, 6.07) is 0. The number of ether oxygens (including phenoxy) is 4. The van der Waals surface area contributed by atoms with Crippen molar-refractivity contribution in [2.75, 3.05) is 39.6 Å². The van der Waals surface area contributed by atoms with Gasteiger partial charge in [-0.2, -0.15) is 0 Å². The zero-order valence-electron chi connectivity index (χ0n) is 45.5. The molecule has 17 nitrogen and oxygen atoms in total. The fourth-order valence-corrected chi connectivity index (χ4v) is 9.22. The molecule has 0 aromatic carbocycles. The molecule has 0 amide bonds. The third kappa shape index (κ3) is 47.8. The monoisotopic (exact) mass is 1070 g/mol. The highest BCUT2D eigenvalue weighted by atomic mass is 31.2. The zero-order valence-corrected chi connectivity index (χ0v) is 47.3. The highest BCUT2D eigenvalue weighted by Crippen LogP contribution is 2.45. The second-order valence-corrected chi connectivity index (χ2v) is 22.6. The van der Waals surface area contributed by atoms with Gasteiger partial charge in [0.15, 0.2) is 12.2 Å². The third-order valence-electron chi connectivity index (χ3n) is 12.0. The van der Waals surface area contributed by atoms with Crippen molar-refractivity contribution in [3.8, 4) is 0 Å².